The molecule has 0 radical (unpaired) electrons. The van der Waals surface area contributed by atoms with E-state index in [-0.39, 0.29) is 0 Å². The summed E-state index contributed by atoms with van der Waals surface area (Å²) in [4.78, 5) is 0. The summed E-state index contributed by atoms with van der Waals surface area (Å²) < 4.78 is 7.14. The van der Waals surface area contributed by atoms with Crippen molar-refractivity contribution < 1.29 is 4.74 Å². The Hall–Kier alpha value is -1.77. The van der Waals surface area contributed by atoms with E-state index in [1.807, 2.05) is 41.4 Å². The molecule has 0 N–H and O–H groups in total. The van der Waals surface area contributed by atoms with Crippen LogP contribution in [-0.4, -0.2) is 18.0 Å². The molecular formula is C12H14N2O. The van der Waals surface area contributed by atoms with Crippen LogP contribution in [0.4, 0.5) is 0 Å². The first-order chi connectivity index (χ1) is 7.36. The van der Waals surface area contributed by atoms with Gasteiger partial charge in [0.1, 0.15) is 5.75 Å². The van der Waals surface area contributed by atoms with Crippen molar-refractivity contribution in [3.63, 3.8) is 0 Å². The maximum absolute atomic E-state index is 5.28. The van der Waals surface area contributed by atoms with Gasteiger partial charge in [-0.1, -0.05) is 13.0 Å². The van der Waals surface area contributed by atoms with Crippen molar-refractivity contribution in [2.75, 3.05) is 7.11 Å². The van der Waals surface area contributed by atoms with Crippen LogP contribution in [0.3, 0.4) is 0 Å². The van der Waals surface area contributed by atoms with E-state index in [9.17, 15) is 0 Å². The van der Waals surface area contributed by atoms with E-state index in [1.54, 1.807) is 7.11 Å². The van der Waals surface area contributed by atoms with Gasteiger partial charge >= 0.3 is 0 Å². The summed E-state index contributed by atoms with van der Waals surface area (Å²) in [5.41, 5.74) is 1.07. The highest BCUT2D eigenvalue weighted by Gasteiger charge is 2.03. The van der Waals surface area contributed by atoms with Crippen molar-refractivity contribution in [3.05, 3.63) is 30.5 Å². The lowest BCUT2D eigenvalue weighted by atomic mass is 10.2. The highest BCUT2D eigenvalue weighted by atomic mass is 16.5. The Bertz CT molecular complexity index is 485. The zero-order chi connectivity index (χ0) is 10.7. The van der Waals surface area contributed by atoms with Crippen molar-refractivity contribution in [3.8, 4) is 5.75 Å². The molecule has 0 unspecified atom stereocenters. The van der Waals surface area contributed by atoms with Gasteiger partial charge in [0.15, 0.2) is 0 Å². The zero-order valence-electron chi connectivity index (χ0n) is 8.97. The summed E-state index contributed by atoms with van der Waals surface area (Å²) in [6.45, 7) is 2.07. The number of fused-ring (bicyclic) bond motifs is 1. The normalized spacial score (nSPS) is 11.3. The fourth-order valence-electron chi connectivity index (χ4n) is 1.57. The molecular weight excluding hydrogens is 188 g/mol. The molecule has 1 aromatic carbocycles. The molecule has 0 amide bonds. The molecule has 3 heteroatoms. The summed E-state index contributed by atoms with van der Waals surface area (Å²) in [6, 6.07) is 7.97. The van der Waals surface area contributed by atoms with Gasteiger partial charge in [0.2, 0.25) is 0 Å². The van der Waals surface area contributed by atoms with Crippen molar-refractivity contribution in [1.29, 1.82) is 0 Å². The van der Waals surface area contributed by atoms with Crippen LogP contribution in [0.2, 0.25) is 0 Å². The largest absolute Gasteiger partial charge is 0.496 e. The number of nitrogens with zero attached hydrogens (tertiary/aromatic N) is 2. The minimum absolute atomic E-state index is 0.887. The van der Waals surface area contributed by atoms with Crippen molar-refractivity contribution in [1.82, 2.24) is 4.68 Å². The van der Waals surface area contributed by atoms with Crippen LogP contribution in [-0.2, 0) is 0 Å². The molecule has 1 aromatic heterocycles. The van der Waals surface area contributed by atoms with Gasteiger partial charge in [-0.05, 0) is 24.6 Å². The van der Waals surface area contributed by atoms with Crippen LogP contribution in [0.25, 0.3) is 10.9 Å². The fourth-order valence-corrected chi connectivity index (χ4v) is 1.57. The third kappa shape index (κ3) is 1.73. The lowest BCUT2D eigenvalue weighted by molar-refractivity contribution is 0.420. The molecule has 0 fully saturated rings. The smallest absolute Gasteiger partial charge is 0.128 e. The van der Waals surface area contributed by atoms with Gasteiger partial charge in [0.25, 0.3) is 0 Å². The average Bonchev–Trinajstić information content (AvgIpc) is 2.69. The number of aromatic nitrogens is 1. The quantitative estimate of drug-likeness (QED) is 0.703. The fraction of sp³-hybridized carbons (Fsp3) is 0.250. The molecule has 15 heavy (non-hydrogen) atoms. The molecule has 0 aliphatic rings. The second kappa shape index (κ2) is 4.17. The summed E-state index contributed by atoms with van der Waals surface area (Å²) in [5.74, 6) is 0.887. The van der Waals surface area contributed by atoms with Gasteiger partial charge in [-0.25, -0.2) is 4.68 Å². The number of hydrogen-bond donors (Lipinski definition) is 0. The highest BCUT2D eigenvalue weighted by Crippen LogP contribution is 2.25. The van der Waals surface area contributed by atoms with Crippen LogP contribution in [0.5, 0.6) is 5.75 Å². The number of hydrogen-bond acceptors (Lipinski definition) is 2. The monoisotopic (exact) mass is 202 g/mol. The lowest BCUT2D eigenvalue weighted by Gasteiger charge is -2.01. The van der Waals surface area contributed by atoms with E-state index in [4.69, 9.17) is 4.74 Å². The third-order valence-corrected chi connectivity index (χ3v) is 2.28. The number of ether oxygens (including phenoxy) is 1. The first-order valence-electron chi connectivity index (χ1n) is 5.03. The van der Waals surface area contributed by atoms with Gasteiger partial charge in [0.05, 0.1) is 12.6 Å². The summed E-state index contributed by atoms with van der Waals surface area (Å²) >= 11 is 0. The van der Waals surface area contributed by atoms with Gasteiger partial charge in [-0.3, -0.25) is 0 Å². The van der Waals surface area contributed by atoms with Crippen LogP contribution >= 0.6 is 0 Å². The minimum atomic E-state index is 0.887. The predicted octanol–water partition coefficient (Wildman–Crippen LogP) is 2.89. The predicted molar refractivity (Wildman–Crippen MR) is 62.7 cm³/mol. The van der Waals surface area contributed by atoms with Crippen molar-refractivity contribution >= 4 is 17.1 Å². The molecule has 0 aliphatic carbocycles. The molecule has 78 valence electrons. The van der Waals surface area contributed by atoms with Gasteiger partial charge < -0.3 is 4.74 Å². The van der Waals surface area contributed by atoms with E-state index in [1.165, 1.54) is 0 Å². The van der Waals surface area contributed by atoms with E-state index in [0.29, 0.717) is 0 Å². The second-order valence-electron chi connectivity index (χ2n) is 3.26. The van der Waals surface area contributed by atoms with E-state index in [0.717, 1.165) is 23.1 Å². The Morgan fingerprint density at radius 1 is 1.40 bits per heavy atom. The summed E-state index contributed by atoms with van der Waals surface area (Å²) in [7, 11) is 1.68. The average molecular weight is 202 g/mol. The second-order valence-corrected chi connectivity index (χ2v) is 3.26. The molecule has 0 atom stereocenters. The Morgan fingerprint density at radius 2 is 2.27 bits per heavy atom. The standard InChI is InChI=1S/C12H14N2O/c1-3-8-13-14-9-7-10-11(14)5-4-6-12(10)15-2/h4-9H,3H2,1-2H3/b13-8+. The Kier molecular flexibility index (Phi) is 2.72. The molecule has 0 aliphatic heterocycles. The number of methoxy groups -OCH3 is 1. The maximum Gasteiger partial charge on any atom is 0.128 e. The van der Waals surface area contributed by atoms with Crippen LogP contribution in [0, 0.1) is 0 Å². The zero-order valence-corrected chi connectivity index (χ0v) is 8.97. The number of benzene rings is 1. The first-order valence-corrected chi connectivity index (χ1v) is 5.03. The van der Waals surface area contributed by atoms with Gasteiger partial charge in [-0.2, -0.15) is 5.10 Å². The Morgan fingerprint density at radius 3 is 3.00 bits per heavy atom. The third-order valence-electron chi connectivity index (χ3n) is 2.28. The van der Waals surface area contributed by atoms with E-state index >= 15 is 0 Å². The van der Waals surface area contributed by atoms with Crippen LogP contribution < -0.4 is 4.74 Å². The van der Waals surface area contributed by atoms with Gasteiger partial charge in [0, 0.05) is 17.8 Å². The Labute approximate surface area is 89.0 Å². The first kappa shape index (κ1) is 9.77. The minimum Gasteiger partial charge on any atom is -0.496 e. The maximum atomic E-state index is 5.28. The lowest BCUT2D eigenvalue weighted by Crippen LogP contribution is -1.87. The van der Waals surface area contributed by atoms with Crippen LogP contribution in [0.1, 0.15) is 13.3 Å². The highest BCUT2D eigenvalue weighted by molar-refractivity contribution is 5.86. The van der Waals surface area contributed by atoms with E-state index < -0.39 is 0 Å². The number of rotatable bonds is 3. The molecule has 3 nitrogen and oxygen atoms in total. The molecule has 0 bridgehead atoms. The van der Waals surface area contributed by atoms with Crippen molar-refractivity contribution in [2.24, 2.45) is 5.10 Å². The SMILES string of the molecule is CC/C=N/n1ccc2c(OC)cccc21. The molecule has 1 heterocycles. The molecule has 0 spiro atoms. The van der Waals surface area contributed by atoms with Crippen LogP contribution in [0.15, 0.2) is 35.6 Å². The van der Waals surface area contributed by atoms with Crippen molar-refractivity contribution in [2.45, 2.75) is 13.3 Å². The summed E-state index contributed by atoms with van der Waals surface area (Å²) in [5, 5.41) is 5.42. The molecule has 2 rings (SSSR count). The molecule has 0 saturated heterocycles. The van der Waals surface area contributed by atoms with E-state index in [2.05, 4.69) is 12.0 Å². The molecule has 0 saturated carbocycles. The molecule has 2 aromatic rings. The summed E-state index contributed by atoms with van der Waals surface area (Å²) in [6.07, 6.45) is 4.77. The Balaban J connectivity index is 2.55. The topological polar surface area (TPSA) is 26.5 Å². The van der Waals surface area contributed by atoms with Gasteiger partial charge in [-0.15, -0.1) is 0 Å².